The van der Waals surface area contributed by atoms with Crippen molar-refractivity contribution in [3.8, 4) is 0 Å². The summed E-state index contributed by atoms with van der Waals surface area (Å²) < 4.78 is 0. The van der Waals surface area contributed by atoms with Gasteiger partial charge in [-0.25, -0.2) is 0 Å². The molecule has 0 saturated heterocycles. The van der Waals surface area contributed by atoms with Gasteiger partial charge in [0.2, 0.25) is 0 Å². The van der Waals surface area contributed by atoms with Crippen molar-refractivity contribution in [2.45, 2.75) is 169 Å². The molecule has 0 fully saturated rings. The molecule has 204 valence electrons. The van der Waals surface area contributed by atoms with Crippen molar-refractivity contribution in [1.29, 1.82) is 0 Å². The van der Waals surface area contributed by atoms with Gasteiger partial charge in [0.05, 0.1) is 0 Å². The summed E-state index contributed by atoms with van der Waals surface area (Å²) in [5.41, 5.74) is 0. The van der Waals surface area contributed by atoms with Gasteiger partial charge < -0.3 is 10.2 Å². The van der Waals surface area contributed by atoms with Crippen LogP contribution in [0.25, 0.3) is 0 Å². The molecule has 0 spiro atoms. The molecular formula is C30H60O4. The van der Waals surface area contributed by atoms with Crippen LogP contribution in [0.2, 0.25) is 0 Å². The molecule has 4 nitrogen and oxygen atoms in total. The number of aliphatic carboxylic acids is 2. The van der Waals surface area contributed by atoms with Crippen LogP contribution in [-0.2, 0) is 9.59 Å². The lowest BCUT2D eigenvalue weighted by Crippen LogP contribution is -1.93. The Kier molecular flexibility index (Phi) is 29.1. The monoisotopic (exact) mass is 484 g/mol. The molecule has 0 aromatic heterocycles. The standard InChI is InChI=1S/2C15H30O2/c2*1-3-14(2)12-10-8-6-4-5-7-9-11-13-15(16)17/h2*14H,3-13H2,1-2H3,(H,16,17). The molecule has 4 heteroatoms. The Hall–Kier alpha value is -1.06. The molecule has 0 aliphatic heterocycles. The number of hydrogen-bond donors (Lipinski definition) is 2. The third-order valence-electron chi connectivity index (χ3n) is 7.07. The van der Waals surface area contributed by atoms with E-state index in [4.69, 9.17) is 10.2 Å². The lowest BCUT2D eigenvalue weighted by molar-refractivity contribution is -0.138. The Balaban J connectivity index is 0. The Morgan fingerprint density at radius 3 is 0.941 bits per heavy atom. The lowest BCUT2D eigenvalue weighted by atomic mass is 9.99. The van der Waals surface area contributed by atoms with Gasteiger partial charge in [-0.3, -0.25) is 9.59 Å². The zero-order valence-corrected chi connectivity index (χ0v) is 23.4. The molecule has 0 aliphatic rings. The number of carboxylic acids is 2. The average molecular weight is 485 g/mol. The molecule has 0 aromatic carbocycles. The highest BCUT2D eigenvalue weighted by Gasteiger charge is 2.00. The summed E-state index contributed by atoms with van der Waals surface area (Å²) in [4.78, 5) is 20.6. The van der Waals surface area contributed by atoms with Crippen LogP contribution >= 0.6 is 0 Å². The van der Waals surface area contributed by atoms with Crippen molar-refractivity contribution >= 4 is 11.9 Å². The minimum Gasteiger partial charge on any atom is -0.481 e. The highest BCUT2D eigenvalue weighted by Crippen LogP contribution is 2.16. The fourth-order valence-corrected chi connectivity index (χ4v) is 4.07. The van der Waals surface area contributed by atoms with Crippen molar-refractivity contribution in [2.75, 3.05) is 0 Å². The fraction of sp³-hybridized carbons (Fsp3) is 0.933. The molecule has 34 heavy (non-hydrogen) atoms. The van der Waals surface area contributed by atoms with Crippen molar-refractivity contribution in [3.05, 3.63) is 0 Å². The summed E-state index contributed by atoms with van der Waals surface area (Å²) >= 11 is 0. The van der Waals surface area contributed by atoms with Crippen molar-refractivity contribution in [2.24, 2.45) is 11.8 Å². The van der Waals surface area contributed by atoms with Crippen LogP contribution in [0.3, 0.4) is 0 Å². The van der Waals surface area contributed by atoms with Gasteiger partial charge in [0.25, 0.3) is 0 Å². The normalized spacial score (nSPS) is 12.6. The molecule has 0 amide bonds. The Labute approximate surface area is 212 Å². The van der Waals surface area contributed by atoms with Crippen LogP contribution in [0.1, 0.15) is 169 Å². The second kappa shape index (κ2) is 28.2. The van der Waals surface area contributed by atoms with E-state index >= 15 is 0 Å². The maximum absolute atomic E-state index is 10.3. The smallest absolute Gasteiger partial charge is 0.303 e. The van der Waals surface area contributed by atoms with Gasteiger partial charge in [0.15, 0.2) is 0 Å². The van der Waals surface area contributed by atoms with E-state index in [1.165, 1.54) is 103 Å². The van der Waals surface area contributed by atoms with Crippen LogP contribution < -0.4 is 0 Å². The van der Waals surface area contributed by atoms with Gasteiger partial charge in [-0.2, -0.15) is 0 Å². The van der Waals surface area contributed by atoms with Crippen molar-refractivity contribution in [3.63, 3.8) is 0 Å². The second-order valence-corrected chi connectivity index (χ2v) is 10.5. The molecule has 2 N–H and O–H groups in total. The predicted molar refractivity (Wildman–Crippen MR) is 147 cm³/mol. The minimum absolute atomic E-state index is 0.342. The molecule has 0 saturated carbocycles. The van der Waals surface area contributed by atoms with E-state index in [0.29, 0.717) is 12.8 Å². The summed E-state index contributed by atoms with van der Waals surface area (Å²) in [5, 5.41) is 17.0. The van der Waals surface area contributed by atoms with E-state index < -0.39 is 11.9 Å². The summed E-state index contributed by atoms with van der Waals surface area (Å²) in [7, 11) is 0. The van der Waals surface area contributed by atoms with Gasteiger partial charge in [-0.15, -0.1) is 0 Å². The maximum atomic E-state index is 10.3. The van der Waals surface area contributed by atoms with Crippen molar-refractivity contribution in [1.82, 2.24) is 0 Å². The lowest BCUT2D eigenvalue weighted by Gasteiger charge is -2.07. The summed E-state index contributed by atoms with van der Waals surface area (Å²) in [6.07, 6.45) is 25.8. The molecule has 0 rings (SSSR count). The van der Waals surface area contributed by atoms with Crippen molar-refractivity contribution < 1.29 is 19.8 Å². The number of carbonyl (C=O) groups is 2. The molecule has 2 unspecified atom stereocenters. The highest BCUT2D eigenvalue weighted by atomic mass is 16.4. The molecule has 0 aliphatic carbocycles. The topological polar surface area (TPSA) is 74.6 Å². The van der Waals surface area contributed by atoms with Gasteiger partial charge in [-0.05, 0) is 24.7 Å². The minimum atomic E-state index is -0.657. The molecule has 0 bridgehead atoms. The summed E-state index contributed by atoms with van der Waals surface area (Å²) in [6, 6.07) is 0. The molecule has 2 atom stereocenters. The van der Waals surface area contributed by atoms with Crippen LogP contribution in [0, 0.1) is 11.8 Å². The first-order valence-electron chi connectivity index (χ1n) is 14.8. The Morgan fingerprint density at radius 2 is 0.706 bits per heavy atom. The number of unbranched alkanes of at least 4 members (excludes halogenated alkanes) is 14. The van der Waals surface area contributed by atoms with E-state index in [1.54, 1.807) is 0 Å². The van der Waals surface area contributed by atoms with E-state index in [-0.39, 0.29) is 0 Å². The fourth-order valence-electron chi connectivity index (χ4n) is 4.07. The molecular weight excluding hydrogens is 424 g/mol. The quantitative estimate of drug-likeness (QED) is 0.134. The highest BCUT2D eigenvalue weighted by molar-refractivity contribution is 5.66. The van der Waals surface area contributed by atoms with E-state index in [1.807, 2.05) is 0 Å². The van der Waals surface area contributed by atoms with Gasteiger partial charge in [0.1, 0.15) is 0 Å². The van der Waals surface area contributed by atoms with Crippen LogP contribution in [0.4, 0.5) is 0 Å². The maximum Gasteiger partial charge on any atom is 0.303 e. The van der Waals surface area contributed by atoms with Crippen LogP contribution in [0.15, 0.2) is 0 Å². The van der Waals surface area contributed by atoms with Crippen LogP contribution in [-0.4, -0.2) is 22.2 Å². The predicted octanol–water partition coefficient (Wildman–Crippen LogP) is 10.0. The first-order chi connectivity index (χ1) is 16.3. The Morgan fingerprint density at radius 1 is 0.471 bits per heavy atom. The zero-order chi connectivity index (χ0) is 25.9. The second-order valence-electron chi connectivity index (χ2n) is 10.5. The molecule has 0 aromatic rings. The third kappa shape index (κ3) is 33.1. The number of hydrogen-bond acceptors (Lipinski definition) is 2. The number of rotatable bonds is 24. The third-order valence-corrected chi connectivity index (χ3v) is 7.07. The van der Waals surface area contributed by atoms with Gasteiger partial charge >= 0.3 is 11.9 Å². The summed E-state index contributed by atoms with van der Waals surface area (Å²) in [6.45, 7) is 9.20. The van der Waals surface area contributed by atoms with E-state index in [0.717, 1.165) is 37.5 Å². The average Bonchev–Trinajstić information content (AvgIpc) is 2.81. The molecule has 0 heterocycles. The van der Waals surface area contributed by atoms with Crippen LogP contribution in [0.5, 0.6) is 0 Å². The molecule has 0 radical (unpaired) electrons. The SMILES string of the molecule is CCC(C)CCCCCCCCCCC(=O)O.CCC(C)CCCCCCCCCCC(=O)O. The van der Waals surface area contributed by atoms with Gasteiger partial charge in [0, 0.05) is 12.8 Å². The largest absolute Gasteiger partial charge is 0.481 e. The Bertz CT molecular complexity index is 396. The first-order valence-corrected chi connectivity index (χ1v) is 14.8. The first kappa shape index (κ1) is 35.1. The summed E-state index contributed by atoms with van der Waals surface area (Å²) in [5.74, 6) is 0.474. The zero-order valence-electron chi connectivity index (χ0n) is 23.4. The van der Waals surface area contributed by atoms with E-state index in [2.05, 4.69) is 27.7 Å². The number of carboxylic acid groups (broad SMARTS) is 2. The van der Waals surface area contributed by atoms with E-state index in [9.17, 15) is 9.59 Å². The van der Waals surface area contributed by atoms with Gasteiger partial charge in [-0.1, -0.05) is 143 Å².